The highest BCUT2D eigenvalue weighted by Crippen LogP contribution is 2.43. The molecule has 0 radical (unpaired) electrons. The van der Waals surface area contributed by atoms with Gasteiger partial charge in [0.15, 0.2) is 6.10 Å². The maximum absolute atomic E-state index is 12.6. The Kier molecular flexibility index (Phi) is 39.6. The second-order valence-corrected chi connectivity index (χ2v) is 16.2. The van der Waals surface area contributed by atoms with Crippen molar-refractivity contribution < 1.29 is 47.8 Å². The fraction of sp³-hybridized carbons (Fsp3) is 0.778. The molecule has 0 spiro atoms. The molecule has 0 saturated heterocycles. The van der Waals surface area contributed by atoms with Crippen LogP contribution in [0.15, 0.2) is 48.6 Å². The molecule has 0 saturated carbocycles. The third kappa shape index (κ3) is 40.1. The number of unbranched alkanes of at least 4 members (excludes halogenated alkanes) is 19. The lowest BCUT2D eigenvalue weighted by molar-refractivity contribution is -0.161. The summed E-state index contributed by atoms with van der Waals surface area (Å²) in [5.74, 6) is -0.989. The van der Waals surface area contributed by atoms with Gasteiger partial charge in [-0.2, -0.15) is 0 Å². The zero-order valence-electron chi connectivity index (χ0n) is 35.3. The van der Waals surface area contributed by atoms with E-state index in [1.807, 2.05) is 6.08 Å². The number of phosphoric ester groups is 1. The molecule has 0 aliphatic rings. The Hall–Kier alpha value is -2.07. The smallest absolute Gasteiger partial charge is 0.462 e. The number of hydrogen-bond donors (Lipinski definition) is 3. The normalized spacial score (nSPS) is 14.3. The Balaban J connectivity index is 4.35. The maximum atomic E-state index is 12.6. The first-order valence-electron chi connectivity index (χ1n) is 22.1. The summed E-state index contributed by atoms with van der Waals surface area (Å²) >= 11 is 0. The number of ether oxygens (including phenoxy) is 2. The lowest BCUT2D eigenvalue weighted by Crippen LogP contribution is -2.29. The first-order valence-corrected chi connectivity index (χ1v) is 23.6. The van der Waals surface area contributed by atoms with Crippen LogP contribution >= 0.6 is 7.82 Å². The number of aliphatic hydroxyl groups excluding tert-OH is 2. The number of phosphoric acid groups is 1. The van der Waals surface area contributed by atoms with Crippen LogP contribution in [0.2, 0.25) is 0 Å². The van der Waals surface area contributed by atoms with E-state index in [2.05, 4.69) is 60.9 Å². The van der Waals surface area contributed by atoms with Crippen molar-refractivity contribution in [2.24, 2.45) is 0 Å². The van der Waals surface area contributed by atoms with E-state index in [4.69, 9.17) is 19.1 Å². The van der Waals surface area contributed by atoms with E-state index in [1.54, 1.807) is 0 Å². The van der Waals surface area contributed by atoms with Crippen molar-refractivity contribution in [2.75, 3.05) is 26.4 Å². The third-order valence-electron chi connectivity index (χ3n) is 9.24. The molecule has 0 bridgehead atoms. The summed E-state index contributed by atoms with van der Waals surface area (Å²) in [5.41, 5.74) is 0. The van der Waals surface area contributed by atoms with Crippen LogP contribution in [0.5, 0.6) is 0 Å². The molecule has 56 heavy (non-hydrogen) atoms. The summed E-state index contributed by atoms with van der Waals surface area (Å²) in [6.07, 6.45) is 43.8. The van der Waals surface area contributed by atoms with Crippen molar-refractivity contribution in [3.05, 3.63) is 48.6 Å². The van der Waals surface area contributed by atoms with Gasteiger partial charge in [0.25, 0.3) is 0 Å². The molecule has 0 aromatic heterocycles. The average Bonchev–Trinajstić information content (AvgIpc) is 3.19. The van der Waals surface area contributed by atoms with Crippen molar-refractivity contribution in [3.8, 4) is 0 Å². The van der Waals surface area contributed by atoms with E-state index in [0.717, 1.165) is 38.5 Å². The molecule has 3 atom stereocenters. The van der Waals surface area contributed by atoms with Gasteiger partial charge in [0.2, 0.25) is 0 Å². The van der Waals surface area contributed by atoms with Crippen LogP contribution < -0.4 is 0 Å². The minimum atomic E-state index is -4.63. The molecule has 326 valence electrons. The minimum Gasteiger partial charge on any atom is -0.462 e. The van der Waals surface area contributed by atoms with Crippen LogP contribution in [0.3, 0.4) is 0 Å². The highest BCUT2D eigenvalue weighted by Gasteiger charge is 2.27. The van der Waals surface area contributed by atoms with Gasteiger partial charge >= 0.3 is 19.8 Å². The van der Waals surface area contributed by atoms with Gasteiger partial charge in [0, 0.05) is 12.8 Å². The highest BCUT2D eigenvalue weighted by atomic mass is 31.2. The second kappa shape index (κ2) is 41.1. The second-order valence-electron chi connectivity index (χ2n) is 14.7. The molecule has 0 amide bonds. The predicted octanol–water partition coefficient (Wildman–Crippen LogP) is 11.7. The van der Waals surface area contributed by atoms with E-state index >= 15 is 0 Å². The number of carbonyl (C=O) groups excluding carboxylic acids is 2. The monoisotopic (exact) mass is 813 g/mol. The van der Waals surface area contributed by atoms with Gasteiger partial charge in [-0.3, -0.25) is 18.6 Å². The van der Waals surface area contributed by atoms with Gasteiger partial charge in [0.05, 0.1) is 19.8 Å². The van der Waals surface area contributed by atoms with Crippen LogP contribution in [-0.2, 0) is 32.7 Å². The number of esters is 2. The zero-order valence-corrected chi connectivity index (χ0v) is 36.2. The first kappa shape index (κ1) is 53.9. The Morgan fingerprint density at radius 3 is 1.45 bits per heavy atom. The van der Waals surface area contributed by atoms with Crippen LogP contribution in [0, 0.1) is 0 Å². The van der Waals surface area contributed by atoms with Crippen molar-refractivity contribution in [2.45, 2.75) is 199 Å². The van der Waals surface area contributed by atoms with Crippen LogP contribution in [0.4, 0.5) is 0 Å². The molecule has 0 aliphatic heterocycles. The number of aliphatic hydroxyl groups is 2. The molecule has 1 unspecified atom stereocenters. The first-order chi connectivity index (χ1) is 27.2. The van der Waals surface area contributed by atoms with Gasteiger partial charge in [-0.05, 0) is 51.4 Å². The molecule has 0 aliphatic carbocycles. The third-order valence-corrected chi connectivity index (χ3v) is 10.2. The summed E-state index contributed by atoms with van der Waals surface area (Å²) < 4.78 is 32.6. The number of allylic oxidation sites excluding steroid dienone is 8. The van der Waals surface area contributed by atoms with Crippen molar-refractivity contribution in [1.82, 2.24) is 0 Å². The van der Waals surface area contributed by atoms with Gasteiger partial charge < -0.3 is 24.6 Å². The fourth-order valence-electron chi connectivity index (χ4n) is 5.81. The molecule has 0 heterocycles. The molecule has 10 nitrogen and oxygen atoms in total. The van der Waals surface area contributed by atoms with E-state index < -0.39 is 51.8 Å². The quantitative estimate of drug-likeness (QED) is 0.0236. The number of carbonyl (C=O) groups is 2. The van der Waals surface area contributed by atoms with E-state index in [9.17, 15) is 24.2 Å². The molecule has 0 aromatic carbocycles. The maximum Gasteiger partial charge on any atom is 0.472 e. The summed E-state index contributed by atoms with van der Waals surface area (Å²) in [4.78, 5) is 34.9. The Bertz CT molecular complexity index is 1070. The molecule has 3 N–H and O–H groups in total. The predicted molar refractivity (Wildman–Crippen MR) is 228 cm³/mol. The molecule has 0 rings (SSSR count). The standard InChI is InChI=1S/C45H81O10P/c1-3-5-7-9-11-13-15-17-18-19-20-21-22-23-24-25-27-28-30-32-34-36-44(48)52-40-43(41-54-56(50,51)53-39-42(47)38-46)55-45(49)37-35-33-31-29-26-16-14-12-10-8-6-4-2/h18-19,21-22,24-25,28,30,42-43,46-47H,3-17,20,23,26-27,29,31-41H2,1-2H3,(H,50,51)/b19-18+,22-21+,25-24+,30-28+/t42-,43+/m1/s1. The topological polar surface area (TPSA) is 149 Å². The Morgan fingerprint density at radius 1 is 0.536 bits per heavy atom. The van der Waals surface area contributed by atoms with Crippen molar-refractivity contribution in [3.63, 3.8) is 0 Å². The van der Waals surface area contributed by atoms with Gasteiger partial charge in [-0.15, -0.1) is 0 Å². The van der Waals surface area contributed by atoms with Gasteiger partial charge in [-0.1, -0.05) is 172 Å². The summed E-state index contributed by atoms with van der Waals surface area (Å²) in [6.45, 7) is 2.31. The van der Waals surface area contributed by atoms with Crippen LogP contribution in [0.1, 0.15) is 187 Å². The van der Waals surface area contributed by atoms with Crippen LogP contribution in [-0.4, -0.2) is 65.7 Å². The molecular formula is C45H81O10P. The summed E-state index contributed by atoms with van der Waals surface area (Å²) in [7, 11) is -4.63. The molecule has 11 heteroatoms. The number of hydrogen-bond acceptors (Lipinski definition) is 9. The zero-order chi connectivity index (χ0) is 41.2. The minimum absolute atomic E-state index is 0.166. The van der Waals surface area contributed by atoms with E-state index in [1.165, 1.54) is 103 Å². The SMILES string of the molecule is CCCCCCCCC/C=C/C/C=C/C/C=C/C/C=C/CCCC(=O)OC[C@@H](COP(=O)(O)OC[C@H](O)CO)OC(=O)CCCCCCCCCCCCCC. The summed E-state index contributed by atoms with van der Waals surface area (Å²) in [6, 6.07) is 0. The van der Waals surface area contributed by atoms with Crippen LogP contribution in [0.25, 0.3) is 0 Å². The lowest BCUT2D eigenvalue weighted by atomic mass is 10.0. The molecule has 0 fully saturated rings. The van der Waals surface area contributed by atoms with Gasteiger partial charge in [0.1, 0.15) is 12.7 Å². The van der Waals surface area contributed by atoms with Crippen molar-refractivity contribution >= 4 is 19.8 Å². The Morgan fingerprint density at radius 2 is 0.946 bits per heavy atom. The largest absolute Gasteiger partial charge is 0.472 e. The van der Waals surface area contributed by atoms with Crippen molar-refractivity contribution in [1.29, 1.82) is 0 Å². The van der Waals surface area contributed by atoms with E-state index in [0.29, 0.717) is 19.3 Å². The van der Waals surface area contributed by atoms with Gasteiger partial charge in [-0.25, -0.2) is 4.57 Å². The molecule has 0 aromatic rings. The highest BCUT2D eigenvalue weighted by molar-refractivity contribution is 7.47. The Labute approximate surface area is 341 Å². The average molecular weight is 813 g/mol. The summed E-state index contributed by atoms with van der Waals surface area (Å²) in [5, 5.41) is 18.3. The molecular weight excluding hydrogens is 731 g/mol. The fourth-order valence-corrected chi connectivity index (χ4v) is 6.60. The number of rotatable bonds is 41. The van der Waals surface area contributed by atoms with E-state index in [-0.39, 0.29) is 19.4 Å². The lowest BCUT2D eigenvalue weighted by Gasteiger charge is -2.20.